The molecule has 1 saturated heterocycles. The number of amides is 1. The van der Waals surface area contributed by atoms with Gasteiger partial charge in [-0.1, -0.05) is 22.9 Å². The third-order valence-corrected chi connectivity index (χ3v) is 3.85. The molecule has 0 bridgehead atoms. The van der Waals surface area contributed by atoms with E-state index in [1.165, 1.54) is 17.5 Å². The molecule has 7 heteroatoms. The molecule has 1 fully saturated rings. The molecule has 0 aromatic carbocycles. The summed E-state index contributed by atoms with van der Waals surface area (Å²) >= 11 is 6.87. The van der Waals surface area contributed by atoms with E-state index in [0.717, 1.165) is 26.2 Å². The van der Waals surface area contributed by atoms with Crippen LogP contribution < -0.4 is 5.32 Å². The van der Waals surface area contributed by atoms with Crippen molar-refractivity contribution in [1.82, 2.24) is 15.2 Å². The lowest BCUT2D eigenvalue weighted by molar-refractivity contribution is -0.0175. The number of nitrogens with one attached hydrogen (secondary N) is 1. The highest BCUT2D eigenvalue weighted by molar-refractivity contribution is 7.17. The summed E-state index contributed by atoms with van der Waals surface area (Å²) in [6.07, 6.45) is 1.77. The van der Waals surface area contributed by atoms with Crippen molar-refractivity contribution in [3.8, 4) is 0 Å². The number of carbonyl (C=O) groups is 1. The molecular formula is C11H16ClN3O2S. The van der Waals surface area contributed by atoms with E-state index in [0.29, 0.717) is 15.9 Å². The molecule has 1 unspecified atom stereocenters. The second-order valence-corrected chi connectivity index (χ2v) is 5.83. The van der Waals surface area contributed by atoms with E-state index in [1.807, 2.05) is 0 Å². The maximum atomic E-state index is 11.7. The first-order valence-electron chi connectivity index (χ1n) is 5.88. The van der Waals surface area contributed by atoms with Crippen molar-refractivity contribution in [3.63, 3.8) is 0 Å². The van der Waals surface area contributed by atoms with Crippen LogP contribution in [-0.2, 0) is 4.74 Å². The van der Waals surface area contributed by atoms with E-state index >= 15 is 0 Å². The standard InChI is InChI=1S/C11H16ClN3O2S/c1-8-7-15(4-5-17-8)3-2-13-10(16)9-6-14-11(12)18-9/h6,8H,2-5,7H2,1H3,(H,13,16). The molecule has 1 aromatic rings. The minimum atomic E-state index is -0.110. The fourth-order valence-electron chi connectivity index (χ4n) is 1.87. The number of aromatic nitrogens is 1. The summed E-state index contributed by atoms with van der Waals surface area (Å²) in [5, 5.41) is 2.86. The Morgan fingerprint density at radius 2 is 2.61 bits per heavy atom. The molecule has 1 aliphatic heterocycles. The van der Waals surface area contributed by atoms with Crippen molar-refractivity contribution >= 4 is 28.8 Å². The molecule has 0 saturated carbocycles. The molecule has 18 heavy (non-hydrogen) atoms. The maximum Gasteiger partial charge on any atom is 0.263 e. The van der Waals surface area contributed by atoms with Gasteiger partial charge in [-0.2, -0.15) is 0 Å². The number of morpholine rings is 1. The molecule has 1 atom stereocenters. The molecule has 1 amide bonds. The molecule has 1 aromatic heterocycles. The van der Waals surface area contributed by atoms with Gasteiger partial charge >= 0.3 is 0 Å². The van der Waals surface area contributed by atoms with Gasteiger partial charge < -0.3 is 10.1 Å². The third-order valence-electron chi connectivity index (χ3n) is 2.74. The lowest BCUT2D eigenvalue weighted by atomic mass is 10.3. The van der Waals surface area contributed by atoms with Gasteiger partial charge in [0.25, 0.3) is 5.91 Å². The first kappa shape index (κ1) is 13.7. The first-order valence-corrected chi connectivity index (χ1v) is 7.08. The van der Waals surface area contributed by atoms with Gasteiger partial charge in [0.1, 0.15) is 4.88 Å². The van der Waals surface area contributed by atoms with E-state index < -0.39 is 0 Å². The van der Waals surface area contributed by atoms with Gasteiger partial charge in [-0.05, 0) is 6.92 Å². The molecule has 0 spiro atoms. The zero-order valence-electron chi connectivity index (χ0n) is 10.2. The summed E-state index contributed by atoms with van der Waals surface area (Å²) in [7, 11) is 0. The zero-order chi connectivity index (χ0) is 13.0. The second kappa shape index (κ2) is 6.47. The van der Waals surface area contributed by atoms with Gasteiger partial charge in [0.05, 0.1) is 18.9 Å². The smallest absolute Gasteiger partial charge is 0.263 e. The van der Waals surface area contributed by atoms with E-state index in [9.17, 15) is 4.79 Å². The molecule has 100 valence electrons. The number of rotatable bonds is 4. The number of carbonyl (C=O) groups excluding carboxylic acids is 1. The van der Waals surface area contributed by atoms with Gasteiger partial charge in [-0.15, -0.1) is 0 Å². The fourth-order valence-corrected chi connectivity index (χ4v) is 2.72. The normalized spacial score (nSPS) is 20.9. The Morgan fingerprint density at radius 3 is 3.28 bits per heavy atom. The number of nitrogens with zero attached hydrogens (tertiary/aromatic N) is 2. The summed E-state index contributed by atoms with van der Waals surface area (Å²) in [6.45, 7) is 6.13. The minimum Gasteiger partial charge on any atom is -0.376 e. The average molecular weight is 290 g/mol. The van der Waals surface area contributed by atoms with E-state index in [4.69, 9.17) is 16.3 Å². The van der Waals surface area contributed by atoms with Crippen molar-refractivity contribution < 1.29 is 9.53 Å². The molecule has 5 nitrogen and oxygen atoms in total. The monoisotopic (exact) mass is 289 g/mol. The Balaban J connectivity index is 1.70. The third kappa shape index (κ3) is 3.91. The molecule has 2 rings (SSSR count). The SMILES string of the molecule is CC1CN(CCNC(=O)c2cnc(Cl)s2)CCO1. The lowest BCUT2D eigenvalue weighted by Crippen LogP contribution is -2.44. The molecule has 2 heterocycles. The summed E-state index contributed by atoms with van der Waals surface area (Å²) in [5.74, 6) is -0.110. The molecule has 1 N–H and O–H groups in total. The number of hydrogen-bond acceptors (Lipinski definition) is 5. The largest absolute Gasteiger partial charge is 0.376 e. The predicted octanol–water partition coefficient (Wildman–Crippen LogP) is 1.25. The average Bonchev–Trinajstić information content (AvgIpc) is 2.76. The number of hydrogen-bond donors (Lipinski definition) is 1. The fraction of sp³-hybridized carbons (Fsp3) is 0.636. The second-order valence-electron chi connectivity index (χ2n) is 4.22. The molecule has 0 aliphatic carbocycles. The van der Waals surface area contributed by atoms with E-state index in [-0.39, 0.29) is 12.0 Å². The van der Waals surface area contributed by atoms with Gasteiger partial charge in [0.2, 0.25) is 0 Å². The summed E-state index contributed by atoms with van der Waals surface area (Å²) in [6, 6.07) is 0. The number of ether oxygens (including phenoxy) is 1. The van der Waals surface area contributed by atoms with E-state index in [2.05, 4.69) is 22.1 Å². The van der Waals surface area contributed by atoms with Crippen molar-refractivity contribution in [2.75, 3.05) is 32.8 Å². The summed E-state index contributed by atoms with van der Waals surface area (Å²) < 4.78 is 5.85. The van der Waals surface area contributed by atoms with E-state index in [1.54, 1.807) is 0 Å². The molecular weight excluding hydrogens is 274 g/mol. The Kier molecular flexibility index (Phi) is 4.94. The van der Waals surface area contributed by atoms with Crippen LogP contribution in [0.4, 0.5) is 0 Å². The first-order chi connectivity index (χ1) is 8.65. The van der Waals surface area contributed by atoms with Crippen LogP contribution in [0.25, 0.3) is 0 Å². The van der Waals surface area contributed by atoms with Gasteiger partial charge in [-0.3, -0.25) is 9.69 Å². The highest BCUT2D eigenvalue weighted by Gasteiger charge is 2.16. The van der Waals surface area contributed by atoms with Crippen molar-refractivity contribution in [1.29, 1.82) is 0 Å². The van der Waals surface area contributed by atoms with Crippen LogP contribution in [0.1, 0.15) is 16.6 Å². The Bertz CT molecular complexity index is 413. The lowest BCUT2D eigenvalue weighted by Gasteiger charge is -2.30. The minimum absolute atomic E-state index is 0.110. The molecule has 1 aliphatic rings. The van der Waals surface area contributed by atoms with Crippen LogP contribution in [0.2, 0.25) is 4.47 Å². The Labute approximate surface area is 115 Å². The maximum absolute atomic E-state index is 11.7. The summed E-state index contributed by atoms with van der Waals surface area (Å²) in [5.41, 5.74) is 0. The van der Waals surface area contributed by atoms with Crippen LogP contribution in [0.5, 0.6) is 0 Å². The van der Waals surface area contributed by atoms with Crippen LogP contribution in [0.15, 0.2) is 6.20 Å². The number of halogens is 1. The topological polar surface area (TPSA) is 54.5 Å². The molecule has 0 radical (unpaired) electrons. The number of thiazole rings is 1. The van der Waals surface area contributed by atoms with Crippen LogP contribution >= 0.6 is 22.9 Å². The van der Waals surface area contributed by atoms with Gasteiger partial charge in [0, 0.05) is 26.2 Å². The quantitative estimate of drug-likeness (QED) is 0.906. The Hall–Kier alpha value is -0.690. The highest BCUT2D eigenvalue weighted by atomic mass is 35.5. The van der Waals surface area contributed by atoms with Crippen molar-refractivity contribution in [2.24, 2.45) is 0 Å². The van der Waals surface area contributed by atoms with Crippen molar-refractivity contribution in [2.45, 2.75) is 13.0 Å². The van der Waals surface area contributed by atoms with Crippen molar-refractivity contribution in [3.05, 3.63) is 15.5 Å². The zero-order valence-corrected chi connectivity index (χ0v) is 11.8. The highest BCUT2D eigenvalue weighted by Crippen LogP contribution is 2.17. The van der Waals surface area contributed by atoms with Crippen LogP contribution in [0, 0.1) is 0 Å². The van der Waals surface area contributed by atoms with Gasteiger partial charge in [-0.25, -0.2) is 4.98 Å². The van der Waals surface area contributed by atoms with Crippen LogP contribution in [-0.4, -0.2) is 54.7 Å². The Morgan fingerprint density at radius 1 is 1.78 bits per heavy atom. The predicted molar refractivity (Wildman–Crippen MR) is 71.3 cm³/mol. The van der Waals surface area contributed by atoms with Crippen LogP contribution in [0.3, 0.4) is 0 Å². The summed E-state index contributed by atoms with van der Waals surface area (Å²) in [4.78, 5) is 18.4. The van der Waals surface area contributed by atoms with Gasteiger partial charge in [0.15, 0.2) is 4.47 Å².